The van der Waals surface area contributed by atoms with Crippen LogP contribution >= 0.6 is 0 Å². The molecule has 1 heterocycles. The number of esters is 4. The SMILES string of the molecule is COC(=O)C1=C(C(=O)OC)C(C(=O)OC)(C(=O)OC)O[C@H]1c1ccc(OC)cc1. The molecule has 29 heavy (non-hydrogen) atoms. The van der Waals surface area contributed by atoms with Crippen molar-refractivity contribution in [1.29, 1.82) is 0 Å². The van der Waals surface area contributed by atoms with Gasteiger partial charge in [0, 0.05) is 0 Å². The Morgan fingerprint density at radius 3 is 1.72 bits per heavy atom. The molecule has 1 aliphatic rings. The molecule has 0 radical (unpaired) electrons. The Bertz CT molecular complexity index is 836. The molecular formula is C19H20O10. The number of carbonyl (C=O) groups is 4. The van der Waals surface area contributed by atoms with Gasteiger partial charge >= 0.3 is 23.9 Å². The lowest BCUT2D eigenvalue weighted by atomic mass is 9.89. The fraction of sp³-hybridized carbons (Fsp3) is 0.368. The van der Waals surface area contributed by atoms with Gasteiger partial charge in [0.25, 0.3) is 5.60 Å². The third-order valence-corrected chi connectivity index (χ3v) is 4.34. The second-order valence-electron chi connectivity index (χ2n) is 5.71. The first-order valence-electron chi connectivity index (χ1n) is 8.22. The Morgan fingerprint density at radius 1 is 0.793 bits per heavy atom. The fourth-order valence-electron chi connectivity index (χ4n) is 2.97. The van der Waals surface area contributed by atoms with Gasteiger partial charge in [0.2, 0.25) is 0 Å². The zero-order chi connectivity index (χ0) is 21.8. The maximum atomic E-state index is 12.6. The number of rotatable bonds is 6. The van der Waals surface area contributed by atoms with E-state index in [-0.39, 0.29) is 5.57 Å². The highest BCUT2D eigenvalue weighted by atomic mass is 16.6. The van der Waals surface area contributed by atoms with Crippen molar-refractivity contribution < 1.29 is 47.6 Å². The minimum atomic E-state index is -2.68. The van der Waals surface area contributed by atoms with Crippen molar-refractivity contribution in [3.05, 3.63) is 41.0 Å². The molecule has 10 heteroatoms. The molecule has 10 nitrogen and oxygen atoms in total. The molecule has 0 fully saturated rings. The van der Waals surface area contributed by atoms with E-state index in [1.54, 1.807) is 12.1 Å². The first kappa shape index (κ1) is 21.9. The van der Waals surface area contributed by atoms with Crippen molar-refractivity contribution >= 4 is 23.9 Å². The number of benzene rings is 1. The van der Waals surface area contributed by atoms with Gasteiger partial charge in [0.05, 0.1) is 41.1 Å². The molecule has 0 spiro atoms. The zero-order valence-corrected chi connectivity index (χ0v) is 16.5. The van der Waals surface area contributed by atoms with Gasteiger partial charge in [-0.15, -0.1) is 0 Å². The quantitative estimate of drug-likeness (QED) is 0.373. The van der Waals surface area contributed by atoms with Crippen LogP contribution in [0.15, 0.2) is 35.4 Å². The summed E-state index contributed by atoms with van der Waals surface area (Å²) in [5.41, 5.74) is -3.40. The number of methoxy groups -OCH3 is 5. The Kier molecular flexibility index (Phi) is 6.60. The van der Waals surface area contributed by atoms with E-state index >= 15 is 0 Å². The van der Waals surface area contributed by atoms with Crippen molar-refractivity contribution in [3.8, 4) is 5.75 Å². The van der Waals surface area contributed by atoms with E-state index in [0.29, 0.717) is 11.3 Å². The third-order valence-electron chi connectivity index (χ3n) is 4.34. The first-order valence-corrected chi connectivity index (χ1v) is 8.22. The van der Waals surface area contributed by atoms with Crippen molar-refractivity contribution in [2.45, 2.75) is 11.7 Å². The van der Waals surface area contributed by atoms with Crippen molar-refractivity contribution in [1.82, 2.24) is 0 Å². The highest BCUT2D eigenvalue weighted by Gasteiger charge is 2.65. The number of hydrogen-bond acceptors (Lipinski definition) is 10. The van der Waals surface area contributed by atoms with Crippen molar-refractivity contribution in [3.63, 3.8) is 0 Å². The molecule has 1 atom stereocenters. The molecule has 2 rings (SSSR count). The molecule has 1 aromatic carbocycles. The summed E-state index contributed by atoms with van der Waals surface area (Å²) in [6.45, 7) is 0. The summed E-state index contributed by atoms with van der Waals surface area (Å²) in [6, 6.07) is 6.21. The van der Waals surface area contributed by atoms with Crippen LogP contribution in [0.3, 0.4) is 0 Å². The van der Waals surface area contributed by atoms with Gasteiger partial charge in [0.15, 0.2) is 0 Å². The van der Waals surface area contributed by atoms with Crippen LogP contribution in [0.2, 0.25) is 0 Å². The molecule has 0 N–H and O–H groups in total. The van der Waals surface area contributed by atoms with Crippen LogP contribution in [0.4, 0.5) is 0 Å². The monoisotopic (exact) mass is 408 g/mol. The average molecular weight is 408 g/mol. The molecular weight excluding hydrogens is 388 g/mol. The van der Waals surface area contributed by atoms with E-state index in [2.05, 4.69) is 9.47 Å². The topological polar surface area (TPSA) is 124 Å². The summed E-state index contributed by atoms with van der Waals surface area (Å²) in [4.78, 5) is 50.4. The number of ether oxygens (including phenoxy) is 6. The molecule has 1 aliphatic heterocycles. The molecule has 0 unspecified atom stereocenters. The summed E-state index contributed by atoms with van der Waals surface area (Å²) in [5.74, 6) is -4.17. The standard InChI is InChI=1S/C19H20O10/c1-24-11-8-6-10(7-9-11)14-12(15(20)25-2)13(16(21)26-3)19(29-14,17(22)27-4)18(23)28-5/h6-9,14H,1-5H3/t14-/m0/s1. The predicted molar refractivity (Wildman–Crippen MR) is 94.6 cm³/mol. The Labute approximate surface area is 166 Å². The lowest BCUT2D eigenvalue weighted by Crippen LogP contribution is -2.52. The number of hydrogen-bond donors (Lipinski definition) is 0. The van der Waals surface area contributed by atoms with Gasteiger partial charge in [-0.25, -0.2) is 19.2 Å². The Hall–Kier alpha value is -3.40. The molecule has 1 aromatic rings. The summed E-state index contributed by atoms with van der Waals surface area (Å²) in [6.07, 6.45) is -1.33. The van der Waals surface area contributed by atoms with Crippen molar-refractivity contribution in [2.75, 3.05) is 35.5 Å². The Balaban J connectivity index is 2.84. The van der Waals surface area contributed by atoms with E-state index in [9.17, 15) is 19.2 Å². The fourth-order valence-corrected chi connectivity index (χ4v) is 2.97. The molecule has 0 aromatic heterocycles. The van der Waals surface area contributed by atoms with E-state index in [0.717, 1.165) is 28.4 Å². The van der Waals surface area contributed by atoms with Crippen LogP contribution < -0.4 is 4.74 Å². The summed E-state index contributed by atoms with van der Waals surface area (Å²) < 4.78 is 29.7. The summed E-state index contributed by atoms with van der Waals surface area (Å²) in [5, 5.41) is 0. The molecule has 0 bridgehead atoms. The van der Waals surface area contributed by atoms with Crippen LogP contribution in [-0.4, -0.2) is 65.0 Å². The minimum absolute atomic E-state index is 0.335. The smallest absolute Gasteiger partial charge is 0.355 e. The first-order chi connectivity index (χ1) is 13.8. The van der Waals surface area contributed by atoms with Crippen LogP contribution in [0, 0.1) is 0 Å². The number of carbonyl (C=O) groups excluding carboxylic acids is 4. The van der Waals surface area contributed by atoms with Gasteiger partial charge in [-0.05, 0) is 17.7 Å². The summed E-state index contributed by atoms with van der Waals surface area (Å²) >= 11 is 0. The Morgan fingerprint density at radius 2 is 1.31 bits per heavy atom. The molecule has 0 saturated heterocycles. The second kappa shape index (κ2) is 8.74. The van der Waals surface area contributed by atoms with Crippen LogP contribution in [0.5, 0.6) is 5.75 Å². The van der Waals surface area contributed by atoms with Crippen molar-refractivity contribution in [2.24, 2.45) is 0 Å². The maximum absolute atomic E-state index is 12.6. The highest BCUT2D eigenvalue weighted by Crippen LogP contribution is 2.47. The van der Waals surface area contributed by atoms with Gasteiger partial charge in [-0.3, -0.25) is 0 Å². The largest absolute Gasteiger partial charge is 0.497 e. The van der Waals surface area contributed by atoms with E-state index < -0.39 is 41.2 Å². The maximum Gasteiger partial charge on any atom is 0.355 e. The third kappa shape index (κ3) is 3.54. The minimum Gasteiger partial charge on any atom is -0.497 e. The van der Waals surface area contributed by atoms with Crippen LogP contribution in [-0.2, 0) is 42.9 Å². The van der Waals surface area contributed by atoms with Gasteiger partial charge in [-0.1, -0.05) is 12.1 Å². The highest BCUT2D eigenvalue weighted by molar-refractivity contribution is 6.19. The van der Waals surface area contributed by atoms with Crippen LogP contribution in [0.1, 0.15) is 11.7 Å². The van der Waals surface area contributed by atoms with Crippen LogP contribution in [0.25, 0.3) is 0 Å². The lowest BCUT2D eigenvalue weighted by Gasteiger charge is -2.26. The lowest BCUT2D eigenvalue weighted by molar-refractivity contribution is -0.185. The second-order valence-corrected chi connectivity index (χ2v) is 5.71. The summed E-state index contributed by atoms with van der Waals surface area (Å²) in [7, 11) is 5.54. The molecule has 0 amide bonds. The predicted octanol–water partition coefficient (Wildman–Crippen LogP) is 0.494. The zero-order valence-electron chi connectivity index (χ0n) is 16.5. The molecule has 156 valence electrons. The normalized spacial score (nSPS) is 17.3. The average Bonchev–Trinajstić information content (AvgIpc) is 3.14. The van der Waals surface area contributed by atoms with Gasteiger partial charge in [0.1, 0.15) is 17.4 Å². The van der Waals surface area contributed by atoms with E-state index in [1.165, 1.54) is 19.2 Å². The van der Waals surface area contributed by atoms with Gasteiger partial charge < -0.3 is 28.4 Å². The molecule has 0 saturated carbocycles. The molecule has 0 aliphatic carbocycles. The van der Waals surface area contributed by atoms with Gasteiger partial charge in [-0.2, -0.15) is 0 Å². The van der Waals surface area contributed by atoms with E-state index in [1.807, 2.05) is 0 Å². The van der Waals surface area contributed by atoms with E-state index in [4.69, 9.17) is 18.9 Å².